The van der Waals surface area contributed by atoms with Gasteiger partial charge in [0.1, 0.15) is 0 Å². The number of aryl methyl sites for hydroxylation is 1. The summed E-state index contributed by atoms with van der Waals surface area (Å²) >= 11 is 9.71. The first-order chi connectivity index (χ1) is 7.83. The first-order valence-electron chi connectivity index (χ1n) is 4.48. The van der Waals surface area contributed by atoms with Gasteiger partial charge in [-0.3, -0.25) is 0 Å². The van der Waals surface area contributed by atoms with E-state index >= 15 is 0 Å². The molecule has 7 heteroatoms. The van der Waals surface area contributed by atoms with Crippen molar-refractivity contribution in [2.75, 3.05) is 5.75 Å². The molecule has 0 radical (unpaired) electrons. The summed E-state index contributed by atoms with van der Waals surface area (Å²) in [6.07, 6.45) is 0. The highest BCUT2D eigenvalue weighted by molar-refractivity contribution is 9.29. The second-order valence-electron chi connectivity index (χ2n) is 3.19. The molecule has 2 nitrogen and oxygen atoms in total. The lowest BCUT2D eigenvalue weighted by atomic mass is 10.2. The summed E-state index contributed by atoms with van der Waals surface area (Å²) in [6.45, 7) is 1.92. The highest BCUT2D eigenvalue weighted by Gasteiger charge is 2.15. The van der Waals surface area contributed by atoms with Crippen LogP contribution in [0.15, 0.2) is 37.0 Å². The maximum absolute atomic E-state index is 12.0. The normalized spacial score (nSPS) is 11.3. The molecule has 1 aromatic carbocycles. The molecule has 0 atom stereocenters. The van der Waals surface area contributed by atoms with Crippen molar-refractivity contribution < 1.29 is 8.42 Å². The molecular weight excluding hydrogens is 456 g/mol. The molecule has 0 bridgehead atoms. The lowest BCUT2D eigenvalue weighted by Crippen LogP contribution is -1.97. The average Bonchev–Trinajstić information content (AvgIpc) is 2.26. The minimum absolute atomic E-state index is 0.332. The lowest BCUT2D eigenvalue weighted by Gasteiger charge is -2.04. The molecule has 0 saturated heterocycles. The van der Waals surface area contributed by atoms with Gasteiger partial charge in [0.05, 0.1) is 8.29 Å². The first kappa shape index (κ1) is 15.8. The predicted molar refractivity (Wildman–Crippen MR) is 84.6 cm³/mol. The molecule has 0 amide bonds. The van der Waals surface area contributed by atoms with Crippen molar-refractivity contribution in [1.82, 2.24) is 0 Å². The molecule has 0 unspecified atom stereocenters. The van der Waals surface area contributed by atoms with Crippen LogP contribution in [-0.4, -0.2) is 14.2 Å². The van der Waals surface area contributed by atoms with E-state index in [0.29, 0.717) is 10.6 Å². The van der Waals surface area contributed by atoms with Gasteiger partial charge in [-0.15, -0.1) is 0 Å². The third kappa shape index (κ3) is 5.06. The third-order valence-corrected chi connectivity index (χ3v) is 8.35. The molecule has 0 aliphatic carbocycles. The smallest absolute Gasteiger partial charge is 0.212 e. The van der Waals surface area contributed by atoms with Crippen LogP contribution in [0.5, 0.6) is 0 Å². The van der Waals surface area contributed by atoms with Gasteiger partial charge in [-0.2, -0.15) is 0 Å². The molecule has 0 aliphatic rings. The van der Waals surface area contributed by atoms with Gasteiger partial charge in [-0.1, -0.05) is 33.6 Å². The van der Waals surface area contributed by atoms with Crippen LogP contribution in [0.4, 0.5) is 0 Å². The van der Waals surface area contributed by atoms with Crippen LogP contribution in [0.3, 0.4) is 0 Å². The Morgan fingerprint density at radius 3 is 2.18 bits per heavy atom. The zero-order valence-corrected chi connectivity index (χ0v) is 15.2. The Bertz CT molecular complexity index is 517. The molecule has 1 rings (SSSR count). The van der Waals surface area contributed by atoms with Crippen LogP contribution >= 0.6 is 58.6 Å². The molecule has 0 spiro atoms. The number of halogens is 3. The molecule has 0 heterocycles. The summed E-state index contributed by atoms with van der Waals surface area (Å²) in [5.41, 5.74) is 1.04. The van der Waals surface area contributed by atoms with E-state index in [1.54, 1.807) is 24.3 Å². The zero-order chi connectivity index (χ0) is 13.1. The van der Waals surface area contributed by atoms with Gasteiger partial charge in [0.2, 0.25) is 8.87 Å². The van der Waals surface area contributed by atoms with Crippen molar-refractivity contribution in [2.45, 2.75) is 11.8 Å². The fourth-order valence-electron chi connectivity index (χ4n) is 0.957. The molecule has 0 saturated carbocycles. The molecule has 0 N–H and O–H groups in total. The van der Waals surface area contributed by atoms with E-state index in [9.17, 15) is 8.42 Å². The van der Waals surface area contributed by atoms with E-state index in [0.717, 1.165) is 24.2 Å². The van der Waals surface area contributed by atoms with E-state index in [2.05, 4.69) is 47.8 Å². The van der Waals surface area contributed by atoms with Crippen LogP contribution in [0.1, 0.15) is 5.56 Å². The quantitative estimate of drug-likeness (QED) is 0.602. The fourth-order valence-corrected chi connectivity index (χ4v) is 4.98. The SMILES string of the molecule is Cc1ccc(S(=O)(=O)SCC(Br)=C(Br)Br)cc1. The third-order valence-electron chi connectivity index (χ3n) is 1.86. The number of benzene rings is 1. The largest absolute Gasteiger partial charge is 0.230 e. The summed E-state index contributed by atoms with van der Waals surface area (Å²) in [5, 5.41) is 0. The summed E-state index contributed by atoms with van der Waals surface area (Å²) in [4.78, 5) is 0.332. The molecule has 0 aromatic heterocycles. The molecule has 0 fully saturated rings. The Labute approximate surface area is 130 Å². The van der Waals surface area contributed by atoms with Crippen molar-refractivity contribution in [1.29, 1.82) is 0 Å². The highest BCUT2D eigenvalue weighted by Crippen LogP contribution is 2.31. The lowest BCUT2D eigenvalue weighted by molar-refractivity contribution is 0.610. The number of rotatable bonds is 4. The van der Waals surface area contributed by atoms with Crippen molar-refractivity contribution in [2.24, 2.45) is 0 Å². The highest BCUT2D eigenvalue weighted by atomic mass is 79.9. The Kier molecular flexibility index (Phi) is 6.25. The number of hydrogen-bond acceptors (Lipinski definition) is 3. The van der Waals surface area contributed by atoms with Gasteiger partial charge in [0.25, 0.3) is 0 Å². The number of hydrogen-bond donors (Lipinski definition) is 0. The average molecular weight is 465 g/mol. The Balaban J connectivity index is 2.83. The Hall–Kier alpha value is 0.700. The summed E-state index contributed by atoms with van der Waals surface area (Å²) < 4.78 is 25.4. The molecule has 94 valence electrons. The molecule has 0 aliphatic heterocycles. The van der Waals surface area contributed by atoms with Crippen molar-refractivity contribution in [3.63, 3.8) is 0 Å². The van der Waals surface area contributed by atoms with Gasteiger partial charge in [0, 0.05) is 10.2 Å². The monoisotopic (exact) mass is 462 g/mol. The van der Waals surface area contributed by atoms with Crippen molar-refractivity contribution >= 4 is 67.5 Å². The standard InChI is InChI=1S/C10H9Br3O2S2/c1-7-2-4-8(5-3-7)17(14,15)16-6-9(11)10(12)13/h2-5H,6H2,1H3. The van der Waals surface area contributed by atoms with Gasteiger partial charge in [-0.25, -0.2) is 8.42 Å². The van der Waals surface area contributed by atoms with E-state index in [-0.39, 0.29) is 0 Å². The maximum atomic E-state index is 12.0. The van der Waals surface area contributed by atoms with Crippen LogP contribution < -0.4 is 0 Å². The maximum Gasteiger partial charge on any atom is 0.230 e. The van der Waals surface area contributed by atoms with E-state index in [4.69, 9.17) is 0 Å². The molecule has 17 heavy (non-hydrogen) atoms. The van der Waals surface area contributed by atoms with Crippen LogP contribution in [0.2, 0.25) is 0 Å². The van der Waals surface area contributed by atoms with E-state index in [1.165, 1.54) is 0 Å². The van der Waals surface area contributed by atoms with Crippen LogP contribution in [0, 0.1) is 6.92 Å². The van der Waals surface area contributed by atoms with E-state index in [1.807, 2.05) is 6.92 Å². The second-order valence-corrected chi connectivity index (χ2v) is 10.7. The minimum atomic E-state index is -3.29. The Morgan fingerprint density at radius 2 is 1.71 bits per heavy atom. The van der Waals surface area contributed by atoms with Crippen LogP contribution in [-0.2, 0) is 8.87 Å². The Morgan fingerprint density at radius 1 is 1.18 bits per heavy atom. The van der Waals surface area contributed by atoms with Crippen LogP contribution in [0.25, 0.3) is 0 Å². The predicted octanol–water partition coefficient (Wildman–Crippen LogP) is 4.77. The topological polar surface area (TPSA) is 34.1 Å². The molecule has 1 aromatic rings. The zero-order valence-electron chi connectivity index (χ0n) is 8.78. The summed E-state index contributed by atoms with van der Waals surface area (Å²) in [5.74, 6) is 0.349. The fraction of sp³-hybridized carbons (Fsp3) is 0.200. The van der Waals surface area contributed by atoms with Gasteiger partial charge in [-0.05, 0) is 61.7 Å². The minimum Gasteiger partial charge on any atom is -0.212 e. The second kappa shape index (κ2) is 6.75. The van der Waals surface area contributed by atoms with Crippen molar-refractivity contribution in [3.05, 3.63) is 37.7 Å². The summed E-state index contributed by atoms with van der Waals surface area (Å²) in [7, 11) is -2.41. The van der Waals surface area contributed by atoms with Gasteiger partial charge < -0.3 is 0 Å². The first-order valence-corrected chi connectivity index (χ1v) is 9.85. The van der Waals surface area contributed by atoms with Gasteiger partial charge >= 0.3 is 0 Å². The van der Waals surface area contributed by atoms with E-state index < -0.39 is 8.87 Å². The molecular formula is C10H9Br3O2S2. The van der Waals surface area contributed by atoms with Gasteiger partial charge in [0.15, 0.2) is 0 Å². The van der Waals surface area contributed by atoms with Crippen molar-refractivity contribution in [3.8, 4) is 0 Å². The summed E-state index contributed by atoms with van der Waals surface area (Å²) in [6, 6.07) is 6.83.